The van der Waals surface area contributed by atoms with Crippen LogP contribution >= 0.6 is 0 Å². The van der Waals surface area contributed by atoms with Gasteiger partial charge in [0.25, 0.3) is 11.8 Å². The van der Waals surface area contributed by atoms with Gasteiger partial charge in [-0.3, -0.25) is 0 Å². The van der Waals surface area contributed by atoms with Gasteiger partial charge in [-0.1, -0.05) is 18.2 Å². The minimum Gasteiger partial charge on any atom is -0.373 e. The molecule has 0 aliphatic carbocycles. The summed E-state index contributed by atoms with van der Waals surface area (Å²) >= 11 is 0. The fourth-order valence-corrected chi connectivity index (χ4v) is 3.04. The maximum atomic E-state index is 5.47. The molecule has 1 N–H and O–H groups in total. The first-order valence-electron chi connectivity index (χ1n) is 7.33. The third-order valence-electron chi connectivity index (χ3n) is 4.14. The molecule has 20 heavy (non-hydrogen) atoms. The Hall–Kier alpha value is -2.04. The standard InChI is InChI=1S/C15H18N4O/c1-4-8-19(9-5-1)15-17-14(20-18-15)13-10-11-6-2-3-7-12(11)16-13/h2-3,6-7,13,16H,1,4-5,8-10H2/t13-/m0/s1. The van der Waals surface area contributed by atoms with Gasteiger partial charge in [-0.15, -0.1) is 0 Å². The molecule has 5 nitrogen and oxygen atoms in total. The van der Waals surface area contributed by atoms with Crippen LogP contribution in [0.2, 0.25) is 0 Å². The average Bonchev–Trinajstić information content (AvgIpc) is 3.14. The van der Waals surface area contributed by atoms with E-state index in [0.29, 0.717) is 5.89 Å². The third kappa shape index (κ3) is 2.03. The van der Waals surface area contributed by atoms with Gasteiger partial charge in [0.2, 0.25) is 0 Å². The van der Waals surface area contributed by atoms with Gasteiger partial charge < -0.3 is 14.7 Å². The molecule has 0 saturated carbocycles. The summed E-state index contributed by atoms with van der Waals surface area (Å²) in [5.41, 5.74) is 2.49. The Labute approximate surface area is 118 Å². The van der Waals surface area contributed by atoms with E-state index in [4.69, 9.17) is 4.52 Å². The summed E-state index contributed by atoms with van der Waals surface area (Å²) in [6.07, 6.45) is 4.66. The Morgan fingerprint density at radius 1 is 1.15 bits per heavy atom. The lowest BCUT2D eigenvalue weighted by atomic mass is 10.1. The van der Waals surface area contributed by atoms with Crippen LogP contribution in [0.1, 0.15) is 36.8 Å². The summed E-state index contributed by atoms with van der Waals surface area (Å²) < 4.78 is 5.47. The molecule has 2 aliphatic heterocycles. The number of nitrogens with one attached hydrogen (secondary N) is 1. The van der Waals surface area contributed by atoms with Gasteiger partial charge in [-0.2, -0.15) is 4.98 Å². The van der Waals surface area contributed by atoms with Crippen LogP contribution in [-0.4, -0.2) is 23.2 Å². The highest BCUT2D eigenvalue weighted by Gasteiger charge is 2.27. The zero-order valence-corrected chi connectivity index (χ0v) is 11.4. The van der Waals surface area contributed by atoms with Crippen molar-refractivity contribution < 1.29 is 4.52 Å². The molecule has 2 aromatic rings. The molecular weight excluding hydrogens is 252 g/mol. The molecule has 3 heterocycles. The summed E-state index contributed by atoms with van der Waals surface area (Å²) in [5.74, 6) is 1.44. The van der Waals surface area contributed by atoms with E-state index in [-0.39, 0.29) is 6.04 Å². The van der Waals surface area contributed by atoms with Crippen molar-refractivity contribution in [3.8, 4) is 0 Å². The summed E-state index contributed by atoms with van der Waals surface area (Å²) in [7, 11) is 0. The number of nitrogens with zero attached hydrogens (tertiary/aromatic N) is 3. The minimum absolute atomic E-state index is 0.110. The fraction of sp³-hybridized carbons (Fsp3) is 0.467. The first-order chi connectivity index (χ1) is 9.90. The maximum Gasteiger partial charge on any atom is 0.266 e. The molecule has 0 unspecified atom stereocenters. The third-order valence-corrected chi connectivity index (χ3v) is 4.14. The predicted octanol–water partition coefficient (Wildman–Crippen LogP) is 2.77. The average molecular weight is 270 g/mol. The molecule has 5 heteroatoms. The second-order valence-electron chi connectivity index (χ2n) is 5.54. The van der Waals surface area contributed by atoms with Gasteiger partial charge in [-0.25, -0.2) is 0 Å². The van der Waals surface area contributed by atoms with Crippen LogP contribution in [0.25, 0.3) is 0 Å². The highest BCUT2D eigenvalue weighted by Crippen LogP contribution is 2.33. The van der Waals surface area contributed by atoms with Crippen LogP contribution < -0.4 is 10.2 Å². The number of piperidine rings is 1. The van der Waals surface area contributed by atoms with Gasteiger partial charge in [0.05, 0.1) is 0 Å². The predicted molar refractivity (Wildman–Crippen MR) is 76.9 cm³/mol. The zero-order valence-electron chi connectivity index (χ0n) is 11.4. The molecular formula is C15H18N4O. The van der Waals surface area contributed by atoms with E-state index >= 15 is 0 Å². The molecule has 2 aliphatic rings. The van der Waals surface area contributed by atoms with Crippen molar-refractivity contribution in [2.24, 2.45) is 0 Å². The first kappa shape index (κ1) is 11.8. The highest BCUT2D eigenvalue weighted by molar-refractivity contribution is 5.57. The molecule has 1 fully saturated rings. The van der Waals surface area contributed by atoms with Crippen LogP contribution in [0.4, 0.5) is 11.6 Å². The lowest BCUT2D eigenvalue weighted by Gasteiger charge is -2.24. The summed E-state index contributed by atoms with van der Waals surface area (Å²) in [6.45, 7) is 2.08. The topological polar surface area (TPSA) is 54.2 Å². The molecule has 0 bridgehead atoms. The van der Waals surface area contributed by atoms with Gasteiger partial charge in [0.1, 0.15) is 6.04 Å². The Bertz CT molecular complexity index is 578. The lowest BCUT2D eigenvalue weighted by Crippen LogP contribution is -2.30. The number of rotatable bonds is 2. The molecule has 1 aromatic carbocycles. The summed E-state index contributed by atoms with van der Waals surface area (Å²) in [6, 6.07) is 8.46. The van der Waals surface area contributed by atoms with Crippen molar-refractivity contribution in [3.05, 3.63) is 35.7 Å². The van der Waals surface area contributed by atoms with Crippen molar-refractivity contribution in [1.82, 2.24) is 10.1 Å². The van der Waals surface area contributed by atoms with E-state index in [0.717, 1.165) is 25.5 Å². The van der Waals surface area contributed by atoms with Gasteiger partial charge in [-0.05, 0) is 36.0 Å². The van der Waals surface area contributed by atoms with Crippen molar-refractivity contribution in [2.75, 3.05) is 23.3 Å². The van der Waals surface area contributed by atoms with Crippen molar-refractivity contribution >= 4 is 11.6 Å². The number of aromatic nitrogens is 2. The monoisotopic (exact) mass is 270 g/mol. The lowest BCUT2D eigenvalue weighted by molar-refractivity contribution is 0.362. The molecule has 1 saturated heterocycles. The second kappa shape index (κ2) is 4.81. The van der Waals surface area contributed by atoms with Gasteiger partial charge in [0.15, 0.2) is 0 Å². The van der Waals surface area contributed by atoms with Gasteiger partial charge >= 0.3 is 0 Å². The highest BCUT2D eigenvalue weighted by atomic mass is 16.5. The normalized spacial score (nSPS) is 21.6. The Morgan fingerprint density at radius 3 is 2.85 bits per heavy atom. The largest absolute Gasteiger partial charge is 0.373 e. The first-order valence-corrected chi connectivity index (χ1v) is 7.33. The molecule has 0 spiro atoms. The molecule has 1 aromatic heterocycles. The Kier molecular flexibility index (Phi) is 2.83. The maximum absolute atomic E-state index is 5.47. The molecule has 4 rings (SSSR count). The molecule has 104 valence electrons. The second-order valence-corrected chi connectivity index (χ2v) is 5.54. The molecule has 0 amide bonds. The SMILES string of the molecule is c1ccc2c(c1)C[C@@H](c1nc(N3CCCCC3)no1)N2. The van der Waals surface area contributed by atoms with Crippen LogP contribution in [0.3, 0.4) is 0 Å². The van der Waals surface area contributed by atoms with E-state index in [2.05, 4.69) is 38.6 Å². The molecule has 0 radical (unpaired) electrons. The van der Waals surface area contributed by atoms with E-state index in [9.17, 15) is 0 Å². The smallest absolute Gasteiger partial charge is 0.266 e. The Balaban J connectivity index is 1.52. The van der Waals surface area contributed by atoms with Crippen molar-refractivity contribution in [1.29, 1.82) is 0 Å². The molecule has 1 atom stereocenters. The number of fused-ring (bicyclic) bond motifs is 1. The van der Waals surface area contributed by atoms with Crippen LogP contribution in [-0.2, 0) is 6.42 Å². The van der Waals surface area contributed by atoms with Crippen LogP contribution in [0, 0.1) is 0 Å². The van der Waals surface area contributed by atoms with Gasteiger partial charge in [0, 0.05) is 25.2 Å². The quantitative estimate of drug-likeness (QED) is 0.909. The van der Waals surface area contributed by atoms with Crippen LogP contribution in [0.5, 0.6) is 0 Å². The van der Waals surface area contributed by atoms with Crippen molar-refractivity contribution in [3.63, 3.8) is 0 Å². The number of para-hydroxylation sites is 1. The minimum atomic E-state index is 0.110. The number of benzene rings is 1. The zero-order chi connectivity index (χ0) is 13.4. The van der Waals surface area contributed by atoms with E-state index in [1.807, 2.05) is 6.07 Å². The summed E-state index contributed by atoms with van der Waals surface area (Å²) in [5, 5.41) is 7.60. The number of hydrogen-bond acceptors (Lipinski definition) is 5. The summed E-state index contributed by atoms with van der Waals surface area (Å²) in [4.78, 5) is 6.81. The van der Waals surface area contributed by atoms with E-state index in [1.54, 1.807) is 0 Å². The van der Waals surface area contributed by atoms with E-state index in [1.165, 1.54) is 30.5 Å². The van der Waals surface area contributed by atoms with E-state index < -0.39 is 0 Å². The van der Waals surface area contributed by atoms with Crippen molar-refractivity contribution in [2.45, 2.75) is 31.7 Å². The Morgan fingerprint density at radius 2 is 2.00 bits per heavy atom. The number of hydrogen-bond donors (Lipinski definition) is 1. The number of anilines is 2. The van der Waals surface area contributed by atoms with Crippen LogP contribution in [0.15, 0.2) is 28.8 Å². The fourth-order valence-electron chi connectivity index (χ4n) is 3.04.